The van der Waals surface area contributed by atoms with Gasteiger partial charge in [-0.15, -0.1) is 12.4 Å². The molecular weight excluding hydrogens is 471 g/mol. The minimum absolute atomic E-state index is 0. The van der Waals surface area contributed by atoms with E-state index < -0.39 is 10.0 Å². The summed E-state index contributed by atoms with van der Waals surface area (Å²) in [5.41, 5.74) is 2.47. The van der Waals surface area contributed by atoms with Crippen molar-refractivity contribution in [3.63, 3.8) is 0 Å². The van der Waals surface area contributed by atoms with Gasteiger partial charge in [-0.1, -0.05) is 59.2 Å². The topological polar surface area (TPSA) is 77.0 Å². The van der Waals surface area contributed by atoms with E-state index in [1.165, 1.54) is 12.1 Å². The summed E-state index contributed by atoms with van der Waals surface area (Å²) in [4.78, 5) is 4.98. The molecule has 0 atom stereocenters. The van der Waals surface area contributed by atoms with Crippen LogP contribution in [0.25, 0.3) is 0 Å². The molecule has 0 unspecified atom stereocenters. The lowest BCUT2D eigenvalue weighted by atomic mass is 10.1. The summed E-state index contributed by atoms with van der Waals surface area (Å²) in [6, 6.07) is 21.0. The smallest absolute Gasteiger partial charge is 0.263 e. The number of benzene rings is 3. The van der Waals surface area contributed by atoms with Crippen LogP contribution in [0.15, 0.2) is 82.8 Å². The van der Waals surface area contributed by atoms with E-state index in [1.807, 2.05) is 31.2 Å². The van der Waals surface area contributed by atoms with E-state index in [4.69, 9.17) is 21.2 Å². The number of anilines is 1. The van der Waals surface area contributed by atoms with E-state index in [1.54, 1.807) is 42.6 Å². The van der Waals surface area contributed by atoms with Crippen molar-refractivity contribution in [2.75, 3.05) is 17.9 Å². The third-order valence-corrected chi connectivity index (χ3v) is 6.14. The lowest BCUT2D eigenvalue weighted by Crippen LogP contribution is -2.13. The van der Waals surface area contributed by atoms with Gasteiger partial charge in [0, 0.05) is 12.5 Å². The normalized spacial score (nSPS) is 11.1. The first-order valence-corrected chi connectivity index (χ1v) is 11.6. The maximum atomic E-state index is 12.6. The van der Waals surface area contributed by atoms with E-state index in [0.717, 1.165) is 11.1 Å². The Morgan fingerprint density at radius 3 is 2.50 bits per heavy atom. The highest BCUT2D eigenvalue weighted by Crippen LogP contribution is 2.25. The summed E-state index contributed by atoms with van der Waals surface area (Å²) in [7, 11) is -3.79. The second kappa shape index (κ2) is 12.3. The molecule has 0 aliphatic carbocycles. The molecule has 0 heterocycles. The number of ether oxygens (including phenoxy) is 1. The zero-order valence-corrected chi connectivity index (χ0v) is 19.8. The third-order valence-electron chi connectivity index (χ3n) is 4.26. The molecule has 0 spiro atoms. The van der Waals surface area contributed by atoms with Crippen molar-refractivity contribution >= 4 is 45.9 Å². The molecule has 0 aromatic heterocycles. The standard InChI is InChI=1S/C23H23ClN2O4S.ClH/c1-2-30-25-17-19-12-10-18(11-13-19)14-15-29-21-7-5-6-20(16-21)26-31(27,28)23-9-4-3-8-22(23)24;/h3-13,16-17,26H,2,14-15H2,1H3;1H. The van der Waals surface area contributed by atoms with Gasteiger partial charge in [-0.2, -0.15) is 0 Å². The van der Waals surface area contributed by atoms with Crippen LogP contribution >= 0.6 is 24.0 Å². The molecule has 6 nitrogen and oxygen atoms in total. The monoisotopic (exact) mass is 494 g/mol. The molecule has 32 heavy (non-hydrogen) atoms. The Balaban J connectivity index is 0.00000363. The van der Waals surface area contributed by atoms with Crippen molar-refractivity contribution < 1.29 is 18.0 Å². The van der Waals surface area contributed by atoms with Crippen molar-refractivity contribution in [2.45, 2.75) is 18.2 Å². The molecule has 0 fully saturated rings. The van der Waals surface area contributed by atoms with Crippen LogP contribution < -0.4 is 9.46 Å². The van der Waals surface area contributed by atoms with Crippen molar-refractivity contribution in [1.29, 1.82) is 0 Å². The van der Waals surface area contributed by atoms with Gasteiger partial charge in [-0.3, -0.25) is 4.72 Å². The highest BCUT2D eigenvalue weighted by Gasteiger charge is 2.17. The number of halogens is 2. The van der Waals surface area contributed by atoms with Crippen molar-refractivity contribution in [3.8, 4) is 5.75 Å². The molecule has 170 valence electrons. The molecule has 3 aromatic rings. The largest absolute Gasteiger partial charge is 0.493 e. The highest BCUT2D eigenvalue weighted by atomic mass is 35.5. The molecule has 0 radical (unpaired) electrons. The second-order valence-electron chi connectivity index (χ2n) is 6.56. The van der Waals surface area contributed by atoms with Crippen molar-refractivity contribution in [2.24, 2.45) is 5.16 Å². The summed E-state index contributed by atoms with van der Waals surface area (Å²) in [6.07, 6.45) is 2.37. The number of sulfonamides is 1. The van der Waals surface area contributed by atoms with Crippen LogP contribution in [-0.4, -0.2) is 27.8 Å². The summed E-state index contributed by atoms with van der Waals surface area (Å²) in [5.74, 6) is 0.569. The molecule has 0 amide bonds. The zero-order chi connectivity index (χ0) is 22.1. The third kappa shape index (κ3) is 7.44. The highest BCUT2D eigenvalue weighted by molar-refractivity contribution is 7.92. The van der Waals surface area contributed by atoms with E-state index in [9.17, 15) is 8.42 Å². The number of nitrogens with one attached hydrogen (secondary N) is 1. The van der Waals surface area contributed by atoms with Gasteiger partial charge in [-0.25, -0.2) is 8.42 Å². The summed E-state index contributed by atoms with van der Waals surface area (Å²) >= 11 is 6.02. The van der Waals surface area contributed by atoms with Crippen LogP contribution in [-0.2, 0) is 21.3 Å². The maximum absolute atomic E-state index is 12.6. The van der Waals surface area contributed by atoms with Crippen molar-refractivity contribution in [3.05, 3.63) is 88.9 Å². The summed E-state index contributed by atoms with van der Waals surface area (Å²) < 4.78 is 33.5. The van der Waals surface area contributed by atoms with E-state index in [0.29, 0.717) is 31.1 Å². The number of rotatable bonds is 10. The van der Waals surface area contributed by atoms with Crippen LogP contribution in [0.4, 0.5) is 5.69 Å². The van der Waals surface area contributed by atoms with Gasteiger partial charge in [0.2, 0.25) is 0 Å². The molecule has 0 saturated carbocycles. The van der Waals surface area contributed by atoms with Crippen LogP contribution in [0.3, 0.4) is 0 Å². The molecule has 0 aliphatic heterocycles. The summed E-state index contributed by atoms with van der Waals surface area (Å²) in [6.45, 7) is 2.87. The molecule has 0 saturated heterocycles. The Bertz CT molecular complexity index is 1140. The van der Waals surface area contributed by atoms with Gasteiger partial charge in [-0.05, 0) is 42.3 Å². The van der Waals surface area contributed by atoms with Crippen LogP contribution in [0.5, 0.6) is 5.75 Å². The number of hydrogen-bond acceptors (Lipinski definition) is 5. The molecule has 3 rings (SSSR count). The molecule has 0 aliphatic rings. The van der Waals surface area contributed by atoms with Gasteiger partial charge in [0.05, 0.1) is 23.5 Å². The van der Waals surface area contributed by atoms with E-state index in [2.05, 4.69) is 9.88 Å². The first kappa shape index (κ1) is 25.5. The maximum Gasteiger partial charge on any atom is 0.263 e. The first-order valence-electron chi connectivity index (χ1n) is 9.72. The predicted molar refractivity (Wildman–Crippen MR) is 131 cm³/mol. The van der Waals surface area contributed by atoms with Gasteiger partial charge < -0.3 is 9.57 Å². The minimum Gasteiger partial charge on any atom is -0.493 e. The van der Waals surface area contributed by atoms with Crippen molar-refractivity contribution in [1.82, 2.24) is 0 Å². The lowest BCUT2D eigenvalue weighted by Gasteiger charge is -2.11. The molecular formula is C23H24Cl2N2O4S. The summed E-state index contributed by atoms with van der Waals surface area (Å²) in [5, 5.41) is 4.01. The Morgan fingerprint density at radius 2 is 1.78 bits per heavy atom. The van der Waals surface area contributed by atoms with Gasteiger partial charge in [0.1, 0.15) is 17.3 Å². The lowest BCUT2D eigenvalue weighted by molar-refractivity contribution is 0.160. The Kier molecular flexibility index (Phi) is 9.84. The predicted octanol–water partition coefficient (Wildman–Crippen LogP) is 5.55. The molecule has 3 aromatic carbocycles. The van der Waals surface area contributed by atoms with Gasteiger partial charge in [0.25, 0.3) is 10.0 Å². The van der Waals surface area contributed by atoms with Crippen LogP contribution in [0.1, 0.15) is 18.1 Å². The Labute approximate surface area is 199 Å². The molecule has 9 heteroatoms. The van der Waals surface area contributed by atoms with Gasteiger partial charge >= 0.3 is 0 Å². The second-order valence-corrected chi connectivity index (χ2v) is 8.61. The van der Waals surface area contributed by atoms with E-state index >= 15 is 0 Å². The number of nitrogens with zero attached hydrogens (tertiary/aromatic N) is 1. The first-order chi connectivity index (χ1) is 15.0. The van der Waals surface area contributed by atoms with Crippen LogP contribution in [0, 0.1) is 0 Å². The minimum atomic E-state index is -3.79. The molecule has 1 N–H and O–H groups in total. The quantitative estimate of drug-likeness (QED) is 0.295. The van der Waals surface area contributed by atoms with Crippen LogP contribution in [0.2, 0.25) is 5.02 Å². The van der Waals surface area contributed by atoms with Gasteiger partial charge in [0.15, 0.2) is 0 Å². The SMILES string of the molecule is CCON=Cc1ccc(CCOc2cccc(NS(=O)(=O)c3ccccc3Cl)c2)cc1.Cl. The average Bonchev–Trinajstić information content (AvgIpc) is 2.75. The Hall–Kier alpha value is -2.74. The fourth-order valence-corrected chi connectivity index (χ4v) is 4.32. The Morgan fingerprint density at radius 1 is 1.03 bits per heavy atom. The molecule has 0 bridgehead atoms. The number of hydrogen-bond donors (Lipinski definition) is 1. The number of oxime groups is 1. The average molecular weight is 495 g/mol. The zero-order valence-electron chi connectivity index (χ0n) is 17.4. The fraction of sp³-hybridized carbons (Fsp3) is 0.174. The fourth-order valence-electron chi connectivity index (χ4n) is 2.75. The van der Waals surface area contributed by atoms with E-state index in [-0.39, 0.29) is 22.3 Å².